The number of aliphatic hydroxyl groups is 1. The van der Waals surface area contributed by atoms with Gasteiger partial charge in [-0.1, -0.05) is 24.3 Å². The van der Waals surface area contributed by atoms with Crippen molar-refractivity contribution in [2.75, 3.05) is 19.6 Å². The van der Waals surface area contributed by atoms with Gasteiger partial charge in [-0.05, 0) is 71.2 Å². The third kappa shape index (κ3) is 3.62. The Morgan fingerprint density at radius 1 is 0.853 bits per heavy atom. The van der Waals surface area contributed by atoms with E-state index in [1.165, 1.54) is 11.1 Å². The number of benzene rings is 2. The lowest BCUT2D eigenvalue weighted by molar-refractivity contribution is -0.0569. The van der Waals surface area contributed by atoms with E-state index >= 15 is 0 Å². The Morgan fingerprint density at radius 2 is 1.41 bits per heavy atom. The van der Waals surface area contributed by atoms with Gasteiger partial charge in [-0.15, -0.1) is 0 Å². The zero-order chi connectivity index (χ0) is 23.3. The maximum Gasteiger partial charge on any atom is 0.408 e. The number of carbonyl (C=O) groups is 1. The number of amides is 1. The van der Waals surface area contributed by atoms with Gasteiger partial charge < -0.3 is 19.7 Å². The molecule has 2 atom stereocenters. The molecule has 2 saturated heterocycles. The monoisotopic (exact) mass is 464 g/mol. The van der Waals surface area contributed by atoms with Crippen LogP contribution in [0.1, 0.15) is 59.1 Å². The molecule has 0 aliphatic carbocycles. The van der Waals surface area contributed by atoms with Crippen molar-refractivity contribution < 1.29 is 24.5 Å². The smallest absolute Gasteiger partial charge is 0.408 e. The Morgan fingerprint density at radius 3 is 1.97 bits per heavy atom. The summed E-state index contributed by atoms with van der Waals surface area (Å²) in [5, 5.41) is 22.6. The van der Waals surface area contributed by atoms with Crippen LogP contribution in [0.4, 0.5) is 4.79 Å². The van der Waals surface area contributed by atoms with E-state index in [9.17, 15) is 15.0 Å². The average Bonchev–Trinajstić information content (AvgIpc) is 3.63. The van der Waals surface area contributed by atoms with Crippen molar-refractivity contribution in [3.63, 3.8) is 0 Å². The van der Waals surface area contributed by atoms with Crippen molar-refractivity contribution in [3.8, 4) is 0 Å². The molecule has 0 radical (unpaired) electrons. The van der Waals surface area contributed by atoms with Crippen molar-refractivity contribution in [2.24, 2.45) is 5.92 Å². The summed E-state index contributed by atoms with van der Waals surface area (Å²) in [6.07, 6.45) is 2.31. The van der Waals surface area contributed by atoms with Crippen LogP contribution >= 0.6 is 0 Å². The Balaban J connectivity index is 1.42. The highest BCUT2D eigenvalue weighted by Crippen LogP contribution is 2.46. The molecule has 4 aliphatic heterocycles. The molecular formula is C27H32N2O5. The molecule has 4 heterocycles. The van der Waals surface area contributed by atoms with Gasteiger partial charge in [-0.3, -0.25) is 9.80 Å². The van der Waals surface area contributed by atoms with Crippen LogP contribution in [0.5, 0.6) is 0 Å². The summed E-state index contributed by atoms with van der Waals surface area (Å²) in [6.45, 7) is 4.58. The topological polar surface area (TPSA) is 82.5 Å². The summed E-state index contributed by atoms with van der Waals surface area (Å²) in [5.74, 6) is -0.116. The van der Waals surface area contributed by atoms with Crippen molar-refractivity contribution in [3.05, 3.63) is 69.8 Å². The van der Waals surface area contributed by atoms with Crippen LogP contribution in [-0.2, 0) is 41.5 Å². The molecular weight excluding hydrogens is 432 g/mol. The predicted molar refractivity (Wildman–Crippen MR) is 125 cm³/mol. The number of hydrogen-bond acceptors (Lipinski definition) is 5. The van der Waals surface area contributed by atoms with Gasteiger partial charge in [-0.25, -0.2) is 4.79 Å². The molecule has 2 unspecified atom stereocenters. The summed E-state index contributed by atoms with van der Waals surface area (Å²) in [5.41, 5.74) is 5.10. The third-order valence-corrected chi connectivity index (χ3v) is 8.30. The summed E-state index contributed by atoms with van der Waals surface area (Å²) >= 11 is 0. The van der Waals surface area contributed by atoms with Crippen LogP contribution in [0.25, 0.3) is 0 Å². The Kier molecular flexibility index (Phi) is 5.60. The highest BCUT2D eigenvalue weighted by molar-refractivity contribution is 5.65. The van der Waals surface area contributed by atoms with Crippen LogP contribution in [0.15, 0.2) is 36.4 Å². The van der Waals surface area contributed by atoms with Gasteiger partial charge in [0.05, 0.1) is 32.6 Å². The lowest BCUT2D eigenvalue weighted by Crippen LogP contribution is -2.56. The molecule has 34 heavy (non-hydrogen) atoms. The van der Waals surface area contributed by atoms with Gasteiger partial charge in [0.2, 0.25) is 0 Å². The van der Waals surface area contributed by atoms with E-state index in [1.807, 2.05) is 12.1 Å². The predicted octanol–water partition coefficient (Wildman–Crippen LogP) is 3.79. The fraction of sp³-hybridized carbons (Fsp3) is 0.519. The first-order valence-electron chi connectivity index (χ1n) is 12.4. The molecule has 7 nitrogen and oxygen atoms in total. The molecule has 2 N–H and O–H groups in total. The fourth-order valence-electron chi connectivity index (χ4n) is 6.39. The zero-order valence-corrected chi connectivity index (χ0v) is 19.4. The molecule has 2 aromatic carbocycles. The number of likely N-dealkylation sites (tertiary alicyclic amines) is 2. The fourth-order valence-corrected chi connectivity index (χ4v) is 6.39. The summed E-state index contributed by atoms with van der Waals surface area (Å²) in [4.78, 5) is 15.9. The first-order chi connectivity index (χ1) is 16.5. The molecule has 0 bridgehead atoms. The van der Waals surface area contributed by atoms with Crippen LogP contribution in [0, 0.1) is 5.92 Å². The van der Waals surface area contributed by atoms with Crippen molar-refractivity contribution in [1.29, 1.82) is 0 Å². The molecule has 4 aliphatic rings. The molecule has 2 aromatic rings. The normalized spacial score (nSPS) is 24.9. The SMILES string of the molecule is O=C(O)N1CCC(C(O)(c2ccc3c(c2)COC3)c2ccc3c(c2)COC3)CC1N1CCCC1. The van der Waals surface area contributed by atoms with E-state index in [1.54, 1.807) is 4.90 Å². The lowest BCUT2D eigenvalue weighted by atomic mass is 9.70. The van der Waals surface area contributed by atoms with Gasteiger partial charge in [0.15, 0.2) is 0 Å². The quantitative estimate of drug-likeness (QED) is 0.716. The van der Waals surface area contributed by atoms with Gasteiger partial charge in [0, 0.05) is 25.6 Å². The van der Waals surface area contributed by atoms with Crippen LogP contribution in [0.3, 0.4) is 0 Å². The Hall–Kier alpha value is -2.45. The number of nitrogens with zero attached hydrogens (tertiary/aromatic N) is 2. The molecule has 2 fully saturated rings. The molecule has 0 aromatic heterocycles. The first-order valence-corrected chi connectivity index (χ1v) is 12.4. The number of rotatable bonds is 4. The number of hydrogen-bond donors (Lipinski definition) is 2. The molecule has 180 valence electrons. The number of fused-ring (bicyclic) bond motifs is 2. The van der Waals surface area contributed by atoms with E-state index in [4.69, 9.17) is 9.47 Å². The van der Waals surface area contributed by atoms with E-state index in [0.29, 0.717) is 45.8 Å². The Labute approximate surface area is 199 Å². The minimum absolute atomic E-state index is 0.116. The second kappa shape index (κ2) is 8.64. The molecule has 0 saturated carbocycles. The summed E-state index contributed by atoms with van der Waals surface area (Å²) in [7, 11) is 0. The van der Waals surface area contributed by atoms with Gasteiger partial charge in [-0.2, -0.15) is 0 Å². The average molecular weight is 465 g/mol. The van der Waals surface area contributed by atoms with Crippen LogP contribution in [0.2, 0.25) is 0 Å². The molecule has 6 rings (SSSR count). The van der Waals surface area contributed by atoms with Gasteiger partial charge in [0.1, 0.15) is 5.60 Å². The maximum absolute atomic E-state index is 12.7. The molecule has 1 amide bonds. The minimum atomic E-state index is -1.22. The Bertz CT molecular complexity index is 1040. The van der Waals surface area contributed by atoms with E-state index in [-0.39, 0.29) is 12.1 Å². The highest BCUT2D eigenvalue weighted by atomic mass is 16.5. The van der Waals surface area contributed by atoms with Gasteiger partial charge >= 0.3 is 6.09 Å². The van der Waals surface area contributed by atoms with Crippen LogP contribution in [-0.4, -0.2) is 51.9 Å². The molecule has 0 spiro atoms. The second-order valence-corrected chi connectivity index (χ2v) is 10.1. The van der Waals surface area contributed by atoms with Crippen molar-refractivity contribution in [2.45, 2.75) is 63.9 Å². The summed E-state index contributed by atoms with van der Waals surface area (Å²) in [6, 6.07) is 12.4. The van der Waals surface area contributed by atoms with Crippen molar-refractivity contribution >= 4 is 6.09 Å². The van der Waals surface area contributed by atoms with Crippen molar-refractivity contribution in [1.82, 2.24) is 9.80 Å². The first kappa shape index (κ1) is 22.0. The lowest BCUT2D eigenvalue weighted by Gasteiger charge is -2.47. The number of ether oxygens (including phenoxy) is 2. The van der Waals surface area contributed by atoms with Gasteiger partial charge in [0.25, 0.3) is 0 Å². The van der Waals surface area contributed by atoms with E-state index < -0.39 is 11.7 Å². The zero-order valence-electron chi connectivity index (χ0n) is 19.4. The number of carboxylic acid groups (broad SMARTS) is 1. The van der Waals surface area contributed by atoms with E-state index in [0.717, 1.165) is 48.2 Å². The minimum Gasteiger partial charge on any atom is -0.465 e. The standard InChI is InChI=1S/C27H32N2O5/c30-26(31)29-10-7-24(13-25(29)28-8-1-2-9-28)27(32,22-5-3-18-14-33-16-20(18)11-22)23-6-4-19-15-34-17-21(19)12-23/h3-6,11-12,24-25,32H,1-2,7-10,13-17H2,(H,30,31). The van der Waals surface area contributed by atoms with E-state index in [2.05, 4.69) is 29.2 Å². The molecule has 7 heteroatoms. The van der Waals surface area contributed by atoms with Crippen LogP contribution < -0.4 is 0 Å². The maximum atomic E-state index is 12.7. The summed E-state index contributed by atoms with van der Waals surface area (Å²) < 4.78 is 11.3. The third-order valence-electron chi connectivity index (χ3n) is 8.30. The number of piperidine rings is 1. The second-order valence-electron chi connectivity index (χ2n) is 10.1. The highest BCUT2D eigenvalue weighted by Gasteiger charge is 2.47. The largest absolute Gasteiger partial charge is 0.465 e.